The standard InChI is InChI=1S/C9H12N2/c10-8-6-9(8,11)7-4-2-1-3-5-7/h1-5,8H,6,10-11H2/t8-,9+/m1/s1. The lowest BCUT2D eigenvalue weighted by Crippen LogP contribution is -2.27. The third-order valence-electron chi connectivity index (χ3n) is 2.37. The summed E-state index contributed by atoms with van der Waals surface area (Å²) >= 11 is 0. The van der Waals surface area contributed by atoms with Crippen LogP contribution in [0.1, 0.15) is 12.0 Å². The molecule has 0 bridgehead atoms. The predicted octanol–water partition coefficient (Wildman–Crippen LogP) is 0.572. The molecular weight excluding hydrogens is 136 g/mol. The van der Waals surface area contributed by atoms with Crippen LogP contribution < -0.4 is 11.5 Å². The molecule has 2 rings (SSSR count). The Labute approximate surface area is 66.2 Å². The first-order chi connectivity index (χ1) is 5.23. The van der Waals surface area contributed by atoms with Crippen molar-refractivity contribution in [3.05, 3.63) is 35.9 Å². The second-order valence-corrected chi connectivity index (χ2v) is 3.22. The molecule has 0 amide bonds. The van der Waals surface area contributed by atoms with Crippen molar-refractivity contribution in [2.45, 2.75) is 18.0 Å². The van der Waals surface area contributed by atoms with Gasteiger partial charge >= 0.3 is 0 Å². The number of rotatable bonds is 1. The third kappa shape index (κ3) is 0.951. The minimum absolute atomic E-state index is 0.157. The molecule has 0 spiro atoms. The Morgan fingerprint density at radius 3 is 2.27 bits per heavy atom. The zero-order chi connectivity index (χ0) is 7.90. The molecule has 0 aromatic heterocycles. The molecule has 11 heavy (non-hydrogen) atoms. The zero-order valence-corrected chi connectivity index (χ0v) is 6.33. The van der Waals surface area contributed by atoms with Crippen LogP contribution in [0, 0.1) is 0 Å². The van der Waals surface area contributed by atoms with Crippen LogP contribution in [0.4, 0.5) is 0 Å². The molecule has 0 saturated heterocycles. The molecular formula is C9H12N2. The first kappa shape index (κ1) is 6.83. The van der Waals surface area contributed by atoms with E-state index in [1.165, 1.54) is 0 Å². The molecule has 0 heterocycles. The van der Waals surface area contributed by atoms with Crippen LogP contribution in [-0.2, 0) is 5.54 Å². The van der Waals surface area contributed by atoms with Gasteiger partial charge in [-0.1, -0.05) is 30.3 Å². The Bertz CT molecular complexity index is 258. The van der Waals surface area contributed by atoms with E-state index < -0.39 is 0 Å². The molecule has 1 aromatic carbocycles. The van der Waals surface area contributed by atoms with Gasteiger partial charge in [-0.05, 0) is 12.0 Å². The number of hydrogen-bond donors (Lipinski definition) is 2. The van der Waals surface area contributed by atoms with Crippen molar-refractivity contribution in [1.29, 1.82) is 0 Å². The van der Waals surface area contributed by atoms with E-state index in [1.807, 2.05) is 30.3 Å². The highest BCUT2D eigenvalue weighted by atomic mass is 15.0. The van der Waals surface area contributed by atoms with Gasteiger partial charge in [-0.15, -0.1) is 0 Å². The van der Waals surface area contributed by atoms with Crippen LogP contribution in [-0.4, -0.2) is 6.04 Å². The second-order valence-electron chi connectivity index (χ2n) is 3.22. The van der Waals surface area contributed by atoms with Gasteiger partial charge in [0, 0.05) is 6.04 Å². The molecule has 0 aliphatic heterocycles. The summed E-state index contributed by atoms with van der Waals surface area (Å²) in [7, 11) is 0. The summed E-state index contributed by atoms with van der Waals surface area (Å²) in [5.41, 5.74) is 12.6. The maximum absolute atomic E-state index is 5.99. The molecule has 1 fully saturated rings. The average molecular weight is 148 g/mol. The Morgan fingerprint density at radius 1 is 1.27 bits per heavy atom. The summed E-state index contributed by atoms with van der Waals surface area (Å²) in [6.45, 7) is 0. The fourth-order valence-electron chi connectivity index (χ4n) is 1.39. The molecule has 0 unspecified atom stereocenters. The van der Waals surface area contributed by atoms with Gasteiger partial charge in [-0.25, -0.2) is 0 Å². The molecule has 0 radical (unpaired) electrons. The molecule has 4 N–H and O–H groups in total. The van der Waals surface area contributed by atoms with Gasteiger partial charge < -0.3 is 11.5 Å². The number of hydrogen-bond acceptors (Lipinski definition) is 2. The molecule has 2 heteroatoms. The number of nitrogens with two attached hydrogens (primary N) is 2. The van der Waals surface area contributed by atoms with Gasteiger partial charge in [0.2, 0.25) is 0 Å². The summed E-state index contributed by atoms with van der Waals surface area (Å²) in [4.78, 5) is 0. The first-order valence-electron chi connectivity index (χ1n) is 3.83. The highest BCUT2D eigenvalue weighted by Crippen LogP contribution is 2.41. The molecule has 1 saturated carbocycles. The van der Waals surface area contributed by atoms with Crippen molar-refractivity contribution in [3.8, 4) is 0 Å². The molecule has 1 aliphatic carbocycles. The Hall–Kier alpha value is -0.860. The summed E-state index contributed by atoms with van der Waals surface area (Å²) in [6, 6.07) is 10.2. The average Bonchev–Trinajstić information content (AvgIpc) is 2.64. The highest BCUT2D eigenvalue weighted by molar-refractivity contribution is 5.33. The molecule has 1 aromatic rings. The highest BCUT2D eigenvalue weighted by Gasteiger charge is 2.49. The Kier molecular flexibility index (Phi) is 1.28. The van der Waals surface area contributed by atoms with Gasteiger partial charge in [0.05, 0.1) is 5.54 Å². The van der Waals surface area contributed by atoms with E-state index >= 15 is 0 Å². The quantitative estimate of drug-likeness (QED) is 0.611. The third-order valence-corrected chi connectivity index (χ3v) is 2.37. The van der Waals surface area contributed by atoms with Crippen LogP contribution in [0.25, 0.3) is 0 Å². The summed E-state index contributed by atoms with van der Waals surface area (Å²) in [5.74, 6) is 0. The summed E-state index contributed by atoms with van der Waals surface area (Å²) in [5, 5.41) is 0. The second kappa shape index (κ2) is 2.06. The van der Waals surface area contributed by atoms with Gasteiger partial charge in [0.1, 0.15) is 0 Å². The summed E-state index contributed by atoms with van der Waals surface area (Å²) in [6.07, 6.45) is 0.914. The van der Waals surface area contributed by atoms with E-state index in [9.17, 15) is 0 Å². The fourth-order valence-corrected chi connectivity index (χ4v) is 1.39. The molecule has 2 atom stereocenters. The fraction of sp³-hybridized carbons (Fsp3) is 0.333. The van der Waals surface area contributed by atoms with Gasteiger partial charge in [0.25, 0.3) is 0 Å². The number of benzene rings is 1. The van der Waals surface area contributed by atoms with Crippen molar-refractivity contribution >= 4 is 0 Å². The maximum Gasteiger partial charge on any atom is 0.0579 e. The summed E-state index contributed by atoms with van der Waals surface area (Å²) < 4.78 is 0. The van der Waals surface area contributed by atoms with Crippen molar-refractivity contribution in [1.82, 2.24) is 0 Å². The minimum atomic E-state index is -0.221. The predicted molar refractivity (Wildman–Crippen MR) is 44.9 cm³/mol. The zero-order valence-electron chi connectivity index (χ0n) is 6.33. The molecule has 1 aliphatic rings. The SMILES string of the molecule is N[C@@H]1C[C@]1(N)c1ccccc1. The van der Waals surface area contributed by atoms with Crippen molar-refractivity contribution in [2.24, 2.45) is 11.5 Å². The van der Waals surface area contributed by atoms with E-state index in [4.69, 9.17) is 11.5 Å². The van der Waals surface area contributed by atoms with Gasteiger partial charge in [-0.2, -0.15) is 0 Å². The topological polar surface area (TPSA) is 52.0 Å². The van der Waals surface area contributed by atoms with Crippen LogP contribution in [0.5, 0.6) is 0 Å². The molecule has 58 valence electrons. The Morgan fingerprint density at radius 2 is 1.82 bits per heavy atom. The van der Waals surface area contributed by atoms with Crippen molar-refractivity contribution < 1.29 is 0 Å². The van der Waals surface area contributed by atoms with E-state index in [-0.39, 0.29) is 11.6 Å². The van der Waals surface area contributed by atoms with Crippen molar-refractivity contribution in [2.75, 3.05) is 0 Å². The lowest BCUT2D eigenvalue weighted by molar-refractivity contribution is 0.700. The molecule has 2 nitrogen and oxygen atoms in total. The van der Waals surface area contributed by atoms with E-state index in [0.29, 0.717) is 0 Å². The monoisotopic (exact) mass is 148 g/mol. The lowest BCUT2D eigenvalue weighted by Gasteiger charge is -2.08. The normalized spacial score (nSPS) is 35.3. The van der Waals surface area contributed by atoms with E-state index in [2.05, 4.69) is 0 Å². The maximum atomic E-state index is 5.99. The van der Waals surface area contributed by atoms with E-state index in [1.54, 1.807) is 0 Å². The van der Waals surface area contributed by atoms with Crippen LogP contribution in [0.15, 0.2) is 30.3 Å². The largest absolute Gasteiger partial charge is 0.326 e. The first-order valence-corrected chi connectivity index (χ1v) is 3.83. The van der Waals surface area contributed by atoms with Crippen LogP contribution in [0.2, 0.25) is 0 Å². The Balaban J connectivity index is 2.32. The smallest absolute Gasteiger partial charge is 0.0579 e. The van der Waals surface area contributed by atoms with Crippen molar-refractivity contribution in [3.63, 3.8) is 0 Å². The van der Waals surface area contributed by atoms with Gasteiger partial charge in [-0.3, -0.25) is 0 Å². The lowest BCUT2D eigenvalue weighted by atomic mass is 10.1. The van der Waals surface area contributed by atoms with E-state index in [0.717, 1.165) is 12.0 Å². The minimum Gasteiger partial charge on any atom is -0.326 e. The van der Waals surface area contributed by atoms with Crippen LogP contribution >= 0.6 is 0 Å². The van der Waals surface area contributed by atoms with Gasteiger partial charge in [0.15, 0.2) is 0 Å². The van der Waals surface area contributed by atoms with Crippen LogP contribution in [0.3, 0.4) is 0 Å².